The molecular formula is C16H28N4O4. The number of carbonyl (C=O) groups is 1. The van der Waals surface area contributed by atoms with Gasteiger partial charge in [-0.3, -0.25) is 0 Å². The van der Waals surface area contributed by atoms with E-state index in [9.17, 15) is 9.90 Å². The van der Waals surface area contributed by atoms with Crippen LogP contribution in [0.2, 0.25) is 0 Å². The molecule has 2 rings (SSSR count). The van der Waals surface area contributed by atoms with Gasteiger partial charge in [0.1, 0.15) is 5.60 Å². The first-order valence-electron chi connectivity index (χ1n) is 8.34. The third kappa shape index (κ3) is 5.45. The van der Waals surface area contributed by atoms with E-state index in [0.717, 1.165) is 18.5 Å². The van der Waals surface area contributed by atoms with E-state index in [-0.39, 0.29) is 18.7 Å². The molecule has 0 aliphatic carbocycles. The smallest absolute Gasteiger partial charge is 0.410 e. The van der Waals surface area contributed by atoms with Crippen molar-refractivity contribution in [1.29, 1.82) is 0 Å². The molecule has 136 valence electrons. The number of likely N-dealkylation sites (tertiary alicyclic amines) is 1. The van der Waals surface area contributed by atoms with Gasteiger partial charge >= 0.3 is 6.09 Å². The molecule has 0 aromatic carbocycles. The second-order valence-corrected chi connectivity index (χ2v) is 7.20. The summed E-state index contributed by atoms with van der Waals surface area (Å²) in [5.41, 5.74) is 0.270. The summed E-state index contributed by atoms with van der Waals surface area (Å²) in [6.45, 7) is 7.16. The quantitative estimate of drug-likeness (QED) is 0.871. The number of nitrogens with zero attached hydrogens (tertiary/aromatic N) is 4. The number of amides is 1. The molecule has 1 saturated heterocycles. The highest BCUT2D eigenvalue weighted by atomic mass is 16.6. The van der Waals surface area contributed by atoms with Crippen LogP contribution in [0.4, 0.5) is 4.79 Å². The summed E-state index contributed by atoms with van der Waals surface area (Å²) in [7, 11) is 1.55. The number of methoxy groups -OCH3 is 1. The molecule has 0 spiro atoms. The third-order valence-electron chi connectivity index (χ3n) is 3.85. The molecule has 24 heavy (non-hydrogen) atoms. The molecular weight excluding hydrogens is 312 g/mol. The Bertz CT molecular complexity index is 532. The lowest BCUT2D eigenvalue weighted by Gasteiger charge is -2.33. The van der Waals surface area contributed by atoms with Gasteiger partial charge in [0.2, 0.25) is 0 Å². The maximum Gasteiger partial charge on any atom is 0.410 e. The summed E-state index contributed by atoms with van der Waals surface area (Å²) >= 11 is 0. The highest BCUT2D eigenvalue weighted by molar-refractivity contribution is 5.68. The van der Waals surface area contributed by atoms with Crippen molar-refractivity contribution in [3.63, 3.8) is 0 Å². The van der Waals surface area contributed by atoms with Gasteiger partial charge in [-0.15, -0.1) is 5.10 Å². The molecule has 0 saturated carbocycles. The van der Waals surface area contributed by atoms with Crippen molar-refractivity contribution in [2.24, 2.45) is 0 Å². The number of piperidine rings is 1. The molecule has 1 aliphatic rings. The van der Waals surface area contributed by atoms with Crippen LogP contribution >= 0.6 is 0 Å². The van der Waals surface area contributed by atoms with Crippen LogP contribution in [0.25, 0.3) is 0 Å². The number of aliphatic hydroxyl groups excluding tert-OH is 1. The molecule has 1 amide bonds. The van der Waals surface area contributed by atoms with Crippen LogP contribution in [0.3, 0.4) is 0 Å². The Kier molecular flexibility index (Phi) is 6.17. The number of hydrogen-bond donors (Lipinski definition) is 1. The minimum Gasteiger partial charge on any atom is -0.444 e. The largest absolute Gasteiger partial charge is 0.444 e. The Morgan fingerprint density at radius 2 is 2.08 bits per heavy atom. The van der Waals surface area contributed by atoms with Crippen LogP contribution < -0.4 is 0 Å². The molecule has 1 fully saturated rings. The molecule has 1 aromatic rings. The second-order valence-electron chi connectivity index (χ2n) is 7.20. The molecule has 1 atom stereocenters. The summed E-state index contributed by atoms with van der Waals surface area (Å²) in [5, 5.41) is 18.0. The Labute approximate surface area is 142 Å². The van der Waals surface area contributed by atoms with E-state index < -0.39 is 11.7 Å². The fraction of sp³-hybridized carbons (Fsp3) is 0.812. The van der Waals surface area contributed by atoms with Crippen molar-refractivity contribution in [2.75, 3.05) is 26.8 Å². The summed E-state index contributed by atoms with van der Waals surface area (Å²) in [4.78, 5) is 13.8. The molecule has 1 N–H and O–H groups in total. The fourth-order valence-electron chi connectivity index (χ4n) is 2.72. The van der Waals surface area contributed by atoms with Gasteiger partial charge in [0, 0.05) is 32.8 Å². The van der Waals surface area contributed by atoms with Crippen LogP contribution in [0, 0.1) is 0 Å². The van der Waals surface area contributed by atoms with E-state index in [1.54, 1.807) is 12.0 Å². The Hall–Kier alpha value is -1.67. The Morgan fingerprint density at radius 1 is 1.42 bits per heavy atom. The van der Waals surface area contributed by atoms with Gasteiger partial charge in [-0.05, 0) is 33.6 Å². The summed E-state index contributed by atoms with van der Waals surface area (Å²) < 4.78 is 12.1. The van der Waals surface area contributed by atoms with Crippen LogP contribution in [0.1, 0.15) is 45.3 Å². The van der Waals surface area contributed by atoms with Crippen molar-refractivity contribution < 1.29 is 19.4 Å². The van der Waals surface area contributed by atoms with Gasteiger partial charge in [-0.1, -0.05) is 5.21 Å². The summed E-state index contributed by atoms with van der Waals surface area (Å²) in [6.07, 6.45) is 3.07. The van der Waals surface area contributed by atoms with E-state index in [0.29, 0.717) is 19.5 Å². The van der Waals surface area contributed by atoms with Crippen LogP contribution in [-0.2, 0) is 15.9 Å². The van der Waals surface area contributed by atoms with Crippen molar-refractivity contribution in [3.8, 4) is 0 Å². The number of ether oxygens (including phenoxy) is 2. The van der Waals surface area contributed by atoms with Crippen LogP contribution in [-0.4, -0.2) is 69.6 Å². The lowest BCUT2D eigenvalue weighted by molar-refractivity contribution is 0.0184. The molecule has 2 heterocycles. The van der Waals surface area contributed by atoms with Gasteiger partial charge in [-0.25, -0.2) is 9.48 Å². The number of aliphatic hydroxyl groups is 1. The predicted molar refractivity (Wildman–Crippen MR) is 87.7 cm³/mol. The molecule has 8 heteroatoms. The number of carbonyl (C=O) groups excluding carboxylic acids is 1. The van der Waals surface area contributed by atoms with Gasteiger partial charge in [0.15, 0.2) is 0 Å². The van der Waals surface area contributed by atoms with E-state index in [2.05, 4.69) is 10.3 Å². The number of aromatic nitrogens is 3. The standard InChI is InChI=1S/C16H28N4O4/c1-16(2,3)24-15(22)19-7-5-13(6-8-19)20-10-12(17-18-20)9-14(21)11-23-4/h10,13-14,21H,5-9,11H2,1-4H3. The van der Waals surface area contributed by atoms with Crippen molar-refractivity contribution >= 4 is 6.09 Å². The zero-order chi connectivity index (χ0) is 17.7. The van der Waals surface area contributed by atoms with Crippen molar-refractivity contribution in [1.82, 2.24) is 19.9 Å². The lowest BCUT2D eigenvalue weighted by atomic mass is 10.1. The van der Waals surface area contributed by atoms with Crippen molar-refractivity contribution in [2.45, 2.75) is 57.8 Å². The normalized spacial score (nSPS) is 17.8. The zero-order valence-corrected chi connectivity index (χ0v) is 14.9. The summed E-state index contributed by atoms with van der Waals surface area (Å²) in [6, 6.07) is 0.213. The molecule has 1 aromatic heterocycles. The molecule has 1 unspecified atom stereocenters. The maximum atomic E-state index is 12.1. The topological polar surface area (TPSA) is 89.7 Å². The minimum atomic E-state index is -0.575. The molecule has 8 nitrogen and oxygen atoms in total. The van der Waals surface area contributed by atoms with Crippen molar-refractivity contribution in [3.05, 3.63) is 11.9 Å². The predicted octanol–water partition coefficient (Wildman–Crippen LogP) is 1.40. The van der Waals surface area contributed by atoms with E-state index >= 15 is 0 Å². The molecule has 0 radical (unpaired) electrons. The van der Waals surface area contributed by atoms with Gasteiger partial charge in [-0.2, -0.15) is 0 Å². The third-order valence-corrected chi connectivity index (χ3v) is 3.85. The fourth-order valence-corrected chi connectivity index (χ4v) is 2.72. The Balaban J connectivity index is 1.84. The summed E-state index contributed by atoms with van der Waals surface area (Å²) in [5.74, 6) is 0. The van der Waals surface area contributed by atoms with Crippen LogP contribution in [0.15, 0.2) is 6.20 Å². The van der Waals surface area contributed by atoms with Gasteiger partial charge < -0.3 is 19.5 Å². The second kappa shape index (κ2) is 7.94. The Morgan fingerprint density at radius 3 is 2.67 bits per heavy atom. The molecule has 1 aliphatic heterocycles. The van der Waals surface area contributed by atoms with Gasteiger partial charge in [0.25, 0.3) is 0 Å². The highest BCUT2D eigenvalue weighted by Crippen LogP contribution is 2.23. The zero-order valence-electron chi connectivity index (χ0n) is 14.9. The monoisotopic (exact) mass is 340 g/mol. The lowest BCUT2D eigenvalue weighted by Crippen LogP contribution is -2.42. The molecule has 0 bridgehead atoms. The average molecular weight is 340 g/mol. The van der Waals surface area contributed by atoms with E-state index in [1.165, 1.54) is 0 Å². The van der Waals surface area contributed by atoms with Crippen LogP contribution in [0.5, 0.6) is 0 Å². The SMILES string of the molecule is COCC(O)Cc1cn(C2CCN(C(=O)OC(C)(C)C)CC2)nn1. The maximum absolute atomic E-state index is 12.1. The van der Waals surface area contributed by atoms with E-state index in [1.807, 2.05) is 31.6 Å². The first-order valence-corrected chi connectivity index (χ1v) is 8.34. The first kappa shape index (κ1) is 18.7. The minimum absolute atomic E-state index is 0.213. The first-order chi connectivity index (χ1) is 11.3. The highest BCUT2D eigenvalue weighted by Gasteiger charge is 2.28. The number of hydrogen-bond acceptors (Lipinski definition) is 6. The van der Waals surface area contributed by atoms with E-state index in [4.69, 9.17) is 9.47 Å². The number of rotatable bonds is 5. The van der Waals surface area contributed by atoms with Gasteiger partial charge in [0.05, 0.1) is 24.4 Å². The average Bonchev–Trinajstić information content (AvgIpc) is 2.94.